The molecule has 0 spiro atoms. The summed E-state index contributed by atoms with van der Waals surface area (Å²) in [6, 6.07) is 2.97. The van der Waals surface area contributed by atoms with Crippen molar-refractivity contribution in [2.24, 2.45) is 0 Å². The van der Waals surface area contributed by atoms with E-state index in [0.717, 1.165) is 0 Å². The van der Waals surface area contributed by atoms with Gasteiger partial charge in [0.15, 0.2) is 11.5 Å². The molecule has 1 rings (SSSR count). The summed E-state index contributed by atoms with van der Waals surface area (Å²) in [6.07, 6.45) is 0. The van der Waals surface area contributed by atoms with E-state index in [1.165, 1.54) is 33.3 Å². The number of methoxy groups -OCH3 is 2. The first-order valence-electron chi connectivity index (χ1n) is 5.08. The van der Waals surface area contributed by atoms with Gasteiger partial charge >= 0.3 is 5.97 Å². The first kappa shape index (κ1) is 13.3. The molecule has 0 radical (unpaired) electrons. The number of hydrogen-bond donors (Lipinski definition) is 1. The van der Waals surface area contributed by atoms with Gasteiger partial charge in [-0.05, 0) is 30.2 Å². The van der Waals surface area contributed by atoms with Crippen molar-refractivity contribution < 1.29 is 23.8 Å². The number of halogens is 1. The van der Waals surface area contributed by atoms with Gasteiger partial charge in [0.05, 0.1) is 20.1 Å². The number of benzene rings is 1. The second-order valence-corrected chi connectivity index (χ2v) is 3.60. The van der Waals surface area contributed by atoms with Crippen molar-refractivity contribution in [3.63, 3.8) is 0 Å². The molecule has 1 unspecified atom stereocenters. The SMILES string of the molecule is COc1cc(CF)c(C(C)C(=O)O)cc1OC. The largest absolute Gasteiger partial charge is 0.493 e. The molecule has 5 heteroatoms. The Kier molecular flexibility index (Phi) is 4.31. The van der Waals surface area contributed by atoms with Crippen LogP contribution in [0.3, 0.4) is 0 Å². The Hall–Kier alpha value is -1.78. The number of carboxylic acid groups (broad SMARTS) is 1. The van der Waals surface area contributed by atoms with Crippen LogP contribution in [0, 0.1) is 0 Å². The Morgan fingerprint density at radius 3 is 2.29 bits per heavy atom. The maximum absolute atomic E-state index is 12.9. The lowest BCUT2D eigenvalue weighted by atomic mass is 9.95. The fraction of sp³-hybridized carbons (Fsp3) is 0.417. The number of aliphatic carboxylic acids is 1. The van der Waals surface area contributed by atoms with Crippen LogP contribution in [0.1, 0.15) is 24.0 Å². The third-order valence-electron chi connectivity index (χ3n) is 2.63. The standard InChI is InChI=1S/C12H15FO4/c1-7(12(14)15)9-5-11(17-3)10(16-2)4-8(9)6-13/h4-5,7H,6H2,1-3H3,(H,14,15). The topological polar surface area (TPSA) is 55.8 Å². The quantitative estimate of drug-likeness (QED) is 0.861. The molecule has 4 nitrogen and oxygen atoms in total. The second-order valence-electron chi connectivity index (χ2n) is 3.60. The van der Waals surface area contributed by atoms with E-state index in [0.29, 0.717) is 22.6 Å². The van der Waals surface area contributed by atoms with E-state index >= 15 is 0 Å². The van der Waals surface area contributed by atoms with Gasteiger partial charge in [-0.2, -0.15) is 0 Å². The molecule has 0 heterocycles. The van der Waals surface area contributed by atoms with E-state index in [-0.39, 0.29) is 0 Å². The molecule has 1 N–H and O–H groups in total. The van der Waals surface area contributed by atoms with Crippen molar-refractivity contribution >= 4 is 5.97 Å². The summed E-state index contributed by atoms with van der Waals surface area (Å²) in [7, 11) is 2.89. The van der Waals surface area contributed by atoms with E-state index in [9.17, 15) is 9.18 Å². The van der Waals surface area contributed by atoms with E-state index in [4.69, 9.17) is 14.6 Å². The first-order chi connectivity index (χ1) is 8.04. The predicted octanol–water partition coefficient (Wildman–Crippen LogP) is 2.36. The van der Waals surface area contributed by atoms with Crippen LogP contribution in [0.25, 0.3) is 0 Å². The molecule has 0 aromatic heterocycles. The summed E-state index contributed by atoms with van der Waals surface area (Å²) in [4.78, 5) is 10.9. The Balaban J connectivity index is 3.33. The van der Waals surface area contributed by atoms with Crippen molar-refractivity contribution in [1.29, 1.82) is 0 Å². The van der Waals surface area contributed by atoms with E-state index in [1.54, 1.807) is 0 Å². The van der Waals surface area contributed by atoms with Gasteiger partial charge in [0.25, 0.3) is 0 Å². The summed E-state index contributed by atoms with van der Waals surface area (Å²) in [6.45, 7) is 0.760. The summed E-state index contributed by atoms with van der Waals surface area (Å²) in [5.74, 6) is -1.01. The lowest BCUT2D eigenvalue weighted by Crippen LogP contribution is -2.10. The van der Waals surface area contributed by atoms with E-state index in [1.807, 2.05) is 0 Å². The third kappa shape index (κ3) is 2.67. The summed E-state index contributed by atoms with van der Waals surface area (Å²) < 4.78 is 23.0. The van der Waals surface area contributed by atoms with Crippen LogP contribution >= 0.6 is 0 Å². The van der Waals surface area contributed by atoms with Crippen molar-refractivity contribution in [1.82, 2.24) is 0 Å². The highest BCUT2D eigenvalue weighted by Gasteiger charge is 2.20. The summed E-state index contributed by atoms with van der Waals surface area (Å²) in [5, 5.41) is 8.95. The monoisotopic (exact) mass is 242 g/mol. The molecular formula is C12H15FO4. The average molecular weight is 242 g/mol. The molecular weight excluding hydrogens is 227 g/mol. The fourth-order valence-corrected chi connectivity index (χ4v) is 1.59. The molecule has 1 aromatic carbocycles. The molecule has 0 aliphatic heterocycles. The minimum Gasteiger partial charge on any atom is -0.493 e. The maximum atomic E-state index is 12.9. The van der Waals surface area contributed by atoms with Gasteiger partial charge in [0, 0.05) is 0 Å². The molecule has 1 atom stereocenters. The van der Waals surface area contributed by atoms with Crippen molar-refractivity contribution in [3.8, 4) is 11.5 Å². The smallest absolute Gasteiger partial charge is 0.310 e. The fourth-order valence-electron chi connectivity index (χ4n) is 1.59. The van der Waals surface area contributed by atoms with Crippen molar-refractivity contribution in [2.75, 3.05) is 14.2 Å². The Morgan fingerprint density at radius 1 is 1.35 bits per heavy atom. The molecule has 0 fully saturated rings. The maximum Gasteiger partial charge on any atom is 0.310 e. The van der Waals surface area contributed by atoms with Gasteiger partial charge in [0.2, 0.25) is 0 Å². The molecule has 0 amide bonds. The Labute approximate surface area is 99.0 Å². The zero-order chi connectivity index (χ0) is 13.0. The van der Waals surface area contributed by atoms with Gasteiger partial charge in [0.1, 0.15) is 6.67 Å². The minimum absolute atomic E-state index is 0.303. The van der Waals surface area contributed by atoms with Gasteiger partial charge < -0.3 is 14.6 Å². The van der Waals surface area contributed by atoms with Gasteiger partial charge in [-0.15, -0.1) is 0 Å². The average Bonchev–Trinajstić information content (AvgIpc) is 2.35. The van der Waals surface area contributed by atoms with E-state index < -0.39 is 18.6 Å². The molecule has 17 heavy (non-hydrogen) atoms. The summed E-state index contributed by atoms with van der Waals surface area (Å²) in [5.41, 5.74) is 0.704. The van der Waals surface area contributed by atoms with Gasteiger partial charge in [-0.1, -0.05) is 0 Å². The number of alkyl halides is 1. The van der Waals surface area contributed by atoms with Crippen molar-refractivity contribution in [3.05, 3.63) is 23.3 Å². The number of hydrogen-bond acceptors (Lipinski definition) is 3. The summed E-state index contributed by atoms with van der Waals surface area (Å²) >= 11 is 0. The molecule has 0 aliphatic carbocycles. The lowest BCUT2D eigenvalue weighted by Gasteiger charge is -2.15. The van der Waals surface area contributed by atoms with Crippen LogP contribution in [-0.2, 0) is 11.5 Å². The molecule has 94 valence electrons. The van der Waals surface area contributed by atoms with Gasteiger partial charge in [-0.25, -0.2) is 4.39 Å². The minimum atomic E-state index is -1.01. The molecule has 0 saturated heterocycles. The molecule has 1 aromatic rings. The van der Waals surface area contributed by atoms with Crippen LogP contribution in [0.2, 0.25) is 0 Å². The highest BCUT2D eigenvalue weighted by molar-refractivity contribution is 5.76. The highest BCUT2D eigenvalue weighted by atomic mass is 19.1. The van der Waals surface area contributed by atoms with Crippen molar-refractivity contribution in [2.45, 2.75) is 19.5 Å². The Morgan fingerprint density at radius 2 is 1.88 bits per heavy atom. The van der Waals surface area contributed by atoms with E-state index in [2.05, 4.69) is 0 Å². The molecule has 0 bridgehead atoms. The number of rotatable bonds is 5. The van der Waals surface area contributed by atoms with Crippen LogP contribution < -0.4 is 9.47 Å². The van der Waals surface area contributed by atoms with Crippen LogP contribution in [-0.4, -0.2) is 25.3 Å². The highest BCUT2D eigenvalue weighted by Crippen LogP contribution is 2.34. The van der Waals surface area contributed by atoms with Crippen LogP contribution in [0.15, 0.2) is 12.1 Å². The third-order valence-corrected chi connectivity index (χ3v) is 2.63. The van der Waals surface area contributed by atoms with Crippen LogP contribution in [0.5, 0.6) is 11.5 Å². The molecule has 0 aliphatic rings. The predicted molar refractivity (Wildman–Crippen MR) is 60.4 cm³/mol. The zero-order valence-corrected chi connectivity index (χ0v) is 9.99. The second kappa shape index (κ2) is 5.52. The molecule has 0 saturated carbocycles. The number of carbonyl (C=O) groups is 1. The lowest BCUT2D eigenvalue weighted by molar-refractivity contribution is -0.138. The zero-order valence-electron chi connectivity index (χ0n) is 9.99. The first-order valence-corrected chi connectivity index (χ1v) is 5.08. The van der Waals surface area contributed by atoms with Gasteiger partial charge in [-0.3, -0.25) is 4.79 Å². The normalized spacial score (nSPS) is 12.0. The van der Waals surface area contributed by atoms with Crippen LogP contribution in [0.4, 0.5) is 4.39 Å². The number of carboxylic acids is 1. The Bertz CT molecular complexity index is 417. The number of ether oxygens (including phenoxy) is 2.